The van der Waals surface area contributed by atoms with Crippen LogP contribution in [0.2, 0.25) is 0 Å². The molecule has 0 saturated heterocycles. The summed E-state index contributed by atoms with van der Waals surface area (Å²) in [6.07, 6.45) is 2.61. The van der Waals surface area contributed by atoms with E-state index < -0.39 is 0 Å². The quantitative estimate of drug-likeness (QED) is 0.344. The van der Waals surface area contributed by atoms with Crippen molar-refractivity contribution in [2.75, 3.05) is 0 Å². The van der Waals surface area contributed by atoms with E-state index in [0.29, 0.717) is 25.0 Å². The van der Waals surface area contributed by atoms with E-state index in [1.165, 1.54) is 12.8 Å². The van der Waals surface area contributed by atoms with Crippen LogP contribution in [0, 0.1) is 0 Å². The van der Waals surface area contributed by atoms with E-state index in [1.54, 1.807) is 0 Å². The summed E-state index contributed by atoms with van der Waals surface area (Å²) in [7, 11) is 0. The molecule has 0 N–H and O–H groups in total. The fourth-order valence-corrected chi connectivity index (χ4v) is 3.13. The van der Waals surface area contributed by atoms with Gasteiger partial charge in [0.05, 0.1) is 0 Å². The first-order valence-corrected chi connectivity index (χ1v) is 9.90. The molecular formula is C24H18N4O4. The normalized spacial score (nSPS) is 10.8. The Balaban J connectivity index is 1.16. The van der Waals surface area contributed by atoms with Gasteiger partial charge in [0.25, 0.3) is 0 Å². The fourth-order valence-electron chi connectivity index (χ4n) is 3.13. The average molecular weight is 426 g/mol. The SMILES string of the molecule is c1cc(COc2ccc(-c3nnco3)cc2)cc(COc2ccc(-c3nnco3)cc2)c1. The third-order valence-electron chi connectivity index (χ3n) is 4.73. The van der Waals surface area contributed by atoms with E-state index in [0.717, 1.165) is 33.8 Å². The molecule has 0 bridgehead atoms. The molecule has 8 nitrogen and oxygen atoms in total. The summed E-state index contributed by atoms with van der Waals surface area (Å²) in [5, 5.41) is 15.2. The second-order valence-corrected chi connectivity index (χ2v) is 6.93. The van der Waals surface area contributed by atoms with E-state index in [9.17, 15) is 0 Å². The molecule has 3 aromatic carbocycles. The van der Waals surface area contributed by atoms with Gasteiger partial charge in [0.1, 0.15) is 24.7 Å². The Bertz CT molecular complexity index is 1160. The van der Waals surface area contributed by atoms with Crippen molar-refractivity contribution in [2.24, 2.45) is 0 Å². The standard InChI is InChI=1S/C24H18N4O4/c1-2-17(13-29-21-8-4-19(5-9-21)23-27-25-15-31-23)12-18(3-1)14-30-22-10-6-20(7-11-22)24-28-26-16-32-24/h1-12,15-16H,13-14H2. The van der Waals surface area contributed by atoms with Gasteiger partial charge in [-0.2, -0.15) is 0 Å². The Morgan fingerprint density at radius 1 is 0.594 bits per heavy atom. The fraction of sp³-hybridized carbons (Fsp3) is 0.0833. The molecule has 0 spiro atoms. The molecule has 8 heteroatoms. The van der Waals surface area contributed by atoms with E-state index in [1.807, 2.05) is 66.7 Å². The Labute approximate surface area is 183 Å². The summed E-state index contributed by atoms with van der Waals surface area (Å²) in [5.74, 6) is 2.48. The van der Waals surface area contributed by atoms with Gasteiger partial charge in [-0.25, -0.2) is 0 Å². The maximum Gasteiger partial charge on any atom is 0.247 e. The minimum absolute atomic E-state index is 0.451. The number of aromatic nitrogens is 4. The molecule has 0 fully saturated rings. The highest BCUT2D eigenvalue weighted by atomic mass is 16.5. The molecule has 0 unspecified atom stereocenters. The molecule has 0 aliphatic rings. The summed E-state index contributed by atoms with van der Waals surface area (Å²) >= 11 is 0. The van der Waals surface area contributed by atoms with Crippen LogP contribution in [0.25, 0.3) is 22.9 Å². The van der Waals surface area contributed by atoms with Crippen LogP contribution in [0.5, 0.6) is 11.5 Å². The van der Waals surface area contributed by atoms with Gasteiger partial charge in [0, 0.05) is 11.1 Å². The van der Waals surface area contributed by atoms with E-state index in [4.69, 9.17) is 18.3 Å². The minimum atomic E-state index is 0.451. The number of hydrogen-bond donors (Lipinski definition) is 0. The highest BCUT2D eigenvalue weighted by molar-refractivity contribution is 5.54. The smallest absolute Gasteiger partial charge is 0.247 e. The van der Waals surface area contributed by atoms with E-state index in [2.05, 4.69) is 26.5 Å². The summed E-state index contributed by atoms with van der Waals surface area (Å²) in [5.41, 5.74) is 3.80. The van der Waals surface area contributed by atoms with Gasteiger partial charge >= 0.3 is 0 Å². The van der Waals surface area contributed by atoms with Crippen molar-refractivity contribution in [3.8, 4) is 34.4 Å². The van der Waals surface area contributed by atoms with E-state index >= 15 is 0 Å². The summed E-state index contributed by atoms with van der Waals surface area (Å²) in [6.45, 7) is 0.902. The average Bonchev–Trinajstić information content (AvgIpc) is 3.57. The zero-order valence-electron chi connectivity index (χ0n) is 16.9. The highest BCUT2D eigenvalue weighted by Gasteiger charge is 2.06. The second-order valence-electron chi connectivity index (χ2n) is 6.93. The van der Waals surface area contributed by atoms with Crippen LogP contribution in [-0.4, -0.2) is 20.4 Å². The Hall–Kier alpha value is -4.46. The number of ether oxygens (including phenoxy) is 2. The Kier molecular flexibility index (Phi) is 5.56. The van der Waals surface area contributed by atoms with E-state index in [-0.39, 0.29) is 0 Å². The van der Waals surface area contributed by atoms with Gasteiger partial charge in [-0.3, -0.25) is 0 Å². The molecule has 0 aliphatic heterocycles. The van der Waals surface area contributed by atoms with Gasteiger partial charge in [-0.1, -0.05) is 18.2 Å². The molecular weight excluding hydrogens is 408 g/mol. The largest absolute Gasteiger partial charge is 0.489 e. The zero-order valence-corrected chi connectivity index (χ0v) is 16.9. The van der Waals surface area contributed by atoms with Gasteiger partial charge in [0.2, 0.25) is 24.6 Å². The first-order chi connectivity index (χ1) is 15.8. The number of rotatable bonds is 8. The second kappa shape index (κ2) is 9.13. The molecule has 0 radical (unpaired) electrons. The first kappa shape index (κ1) is 19.5. The number of benzene rings is 3. The molecule has 5 rings (SSSR count). The molecule has 2 aromatic heterocycles. The minimum Gasteiger partial charge on any atom is -0.489 e. The van der Waals surface area contributed by atoms with Crippen molar-refractivity contribution < 1.29 is 18.3 Å². The van der Waals surface area contributed by atoms with Crippen LogP contribution in [0.3, 0.4) is 0 Å². The molecule has 5 aromatic rings. The summed E-state index contributed by atoms with van der Waals surface area (Å²) in [6, 6.07) is 23.2. The van der Waals surface area contributed by atoms with Crippen LogP contribution in [0.15, 0.2) is 94.4 Å². The third kappa shape index (κ3) is 4.65. The van der Waals surface area contributed by atoms with Crippen LogP contribution < -0.4 is 9.47 Å². The highest BCUT2D eigenvalue weighted by Crippen LogP contribution is 2.22. The molecule has 0 amide bonds. The van der Waals surface area contributed by atoms with Crippen molar-refractivity contribution in [3.05, 3.63) is 96.7 Å². The molecule has 158 valence electrons. The van der Waals surface area contributed by atoms with Crippen LogP contribution in [0.4, 0.5) is 0 Å². The molecule has 32 heavy (non-hydrogen) atoms. The lowest BCUT2D eigenvalue weighted by atomic mass is 10.1. The maximum absolute atomic E-state index is 5.90. The van der Waals surface area contributed by atoms with Crippen molar-refractivity contribution in [1.29, 1.82) is 0 Å². The molecule has 0 atom stereocenters. The van der Waals surface area contributed by atoms with Gasteiger partial charge in [-0.15, -0.1) is 20.4 Å². The van der Waals surface area contributed by atoms with Gasteiger partial charge in [0.15, 0.2) is 0 Å². The molecule has 0 aliphatic carbocycles. The lowest BCUT2D eigenvalue weighted by Crippen LogP contribution is -1.99. The van der Waals surface area contributed by atoms with Crippen LogP contribution >= 0.6 is 0 Å². The van der Waals surface area contributed by atoms with Gasteiger partial charge in [-0.05, 0) is 65.7 Å². The third-order valence-corrected chi connectivity index (χ3v) is 4.73. The molecule has 2 heterocycles. The topological polar surface area (TPSA) is 96.3 Å². The first-order valence-electron chi connectivity index (χ1n) is 9.90. The lowest BCUT2D eigenvalue weighted by Gasteiger charge is -2.10. The van der Waals surface area contributed by atoms with Crippen molar-refractivity contribution in [1.82, 2.24) is 20.4 Å². The Morgan fingerprint density at radius 2 is 1.06 bits per heavy atom. The monoisotopic (exact) mass is 426 g/mol. The summed E-state index contributed by atoms with van der Waals surface area (Å²) < 4.78 is 22.2. The predicted molar refractivity (Wildman–Crippen MR) is 115 cm³/mol. The zero-order chi connectivity index (χ0) is 21.6. The van der Waals surface area contributed by atoms with Crippen molar-refractivity contribution >= 4 is 0 Å². The molecule has 0 saturated carbocycles. The summed E-state index contributed by atoms with van der Waals surface area (Å²) in [4.78, 5) is 0. The number of nitrogens with zero attached hydrogens (tertiary/aromatic N) is 4. The van der Waals surface area contributed by atoms with Crippen molar-refractivity contribution in [3.63, 3.8) is 0 Å². The van der Waals surface area contributed by atoms with Crippen LogP contribution in [-0.2, 0) is 13.2 Å². The number of hydrogen-bond acceptors (Lipinski definition) is 8. The maximum atomic E-state index is 5.90. The van der Waals surface area contributed by atoms with Crippen molar-refractivity contribution in [2.45, 2.75) is 13.2 Å². The van der Waals surface area contributed by atoms with Crippen LogP contribution in [0.1, 0.15) is 11.1 Å². The van der Waals surface area contributed by atoms with Gasteiger partial charge < -0.3 is 18.3 Å². The Morgan fingerprint density at radius 3 is 1.47 bits per heavy atom. The lowest BCUT2D eigenvalue weighted by molar-refractivity contribution is 0.300. The predicted octanol–water partition coefficient (Wildman–Crippen LogP) is 4.94.